The van der Waals surface area contributed by atoms with Crippen LogP contribution in [0.2, 0.25) is 0 Å². The van der Waals surface area contributed by atoms with Gasteiger partial charge in [-0.15, -0.1) is 0 Å². The molecule has 1 aliphatic rings. The van der Waals surface area contributed by atoms with Gasteiger partial charge in [-0.3, -0.25) is 0 Å². The Morgan fingerprint density at radius 3 is 2.06 bits per heavy atom. The summed E-state index contributed by atoms with van der Waals surface area (Å²) < 4.78 is 6.85. The summed E-state index contributed by atoms with van der Waals surface area (Å²) >= 11 is 0. The van der Waals surface area contributed by atoms with E-state index in [1.54, 1.807) is 0 Å². The van der Waals surface area contributed by atoms with Gasteiger partial charge in [0.1, 0.15) is 13.1 Å². The molecular weight excluding hydrogens is 210 g/mol. The fourth-order valence-electron chi connectivity index (χ4n) is 2.99. The predicted molar refractivity (Wildman–Crippen MR) is 74.2 cm³/mol. The van der Waals surface area contributed by atoms with Crippen molar-refractivity contribution >= 4 is 0 Å². The molecule has 102 valence electrons. The number of hydrogen-bond donors (Lipinski definition) is 0. The molecule has 0 spiro atoms. The first-order valence-corrected chi connectivity index (χ1v) is 7.76. The molecule has 0 aromatic rings. The minimum absolute atomic E-state index is 0.982. The monoisotopic (exact) mass is 242 g/mol. The lowest BCUT2D eigenvalue weighted by molar-refractivity contribution is -0.935. The lowest BCUT2D eigenvalue weighted by Crippen LogP contribution is -2.55. The molecule has 0 aromatic carbocycles. The van der Waals surface area contributed by atoms with Crippen LogP contribution in [0, 0.1) is 0 Å². The summed E-state index contributed by atoms with van der Waals surface area (Å²) in [5.41, 5.74) is 0. The minimum atomic E-state index is 0.982. The first kappa shape index (κ1) is 15.0. The van der Waals surface area contributed by atoms with Crippen LogP contribution in [0.5, 0.6) is 0 Å². The molecular formula is C15H32NO+. The minimum Gasteiger partial charge on any atom is -0.370 e. The number of hydrogen-bond acceptors (Lipinski definition) is 1. The smallest absolute Gasteiger partial charge is 0.102 e. The summed E-state index contributed by atoms with van der Waals surface area (Å²) in [6.45, 7) is 11.8. The number of nitrogens with zero attached hydrogens (tertiary/aromatic N) is 1. The zero-order chi connectivity index (χ0) is 12.4. The standard InChI is InChI=1S/C15H32NO/c1-3-5-6-7-8-9-11-16(10-4-2)12-14-17-15-13-16/h3-15H2,1-2H3/q+1. The molecule has 0 saturated carbocycles. The Balaban J connectivity index is 2.15. The highest BCUT2D eigenvalue weighted by Crippen LogP contribution is 2.15. The molecule has 0 atom stereocenters. The van der Waals surface area contributed by atoms with E-state index >= 15 is 0 Å². The SMILES string of the molecule is CCCCCCCC[N+]1(CCC)CCOCC1. The van der Waals surface area contributed by atoms with Crippen LogP contribution >= 0.6 is 0 Å². The number of unbranched alkanes of at least 4 members (excludes halogenated alkanes) is 5. The van der Waals surface area contributed by atoms with Crippen LogP contribution in [-0.4, -0.2) is 43.9 Å². The van der Waals surface area contributed by atoms with E-state index in [-0.39, 0.29) is 0 Å². The maximum Gasteiger partial charge on any atom is 0.102 e. The number of ether oxygens (including phenoxy) is 1. The van der Waals surface area contributed by atoms with Crippen molar-refractivity contribution in [2.75, 3.05) is 39.4 Å². The van der Waals surface area contributed by atoms with Gasteiger partial charge in [0.05, 0.1) is 26.3 Å². The molecule has 17 heavy (non-hydrogen) atoms. The second-order valence-corrected chi connectivity index (χ2v) is 5.62. The van der Waals surface area contributed by atoms with E-state index in [2.05, 4.69) is 13.8 Å². The van der Waals surface area contributed by atoms with E-state index in [0.717, 1.165) is 13.2 Å². The highest BCUT2D eigenvalue weighted by molar-refractivity contribution is 4.52. The van der Waals surface area contributed by atoms with Crippen LogP contribution in [-0.2, 0) is 4.74 Å². The Morgan fingerprint density at radius 1 is 0.765 bits per heavy atom. The number of quaternary nitrogens is 1. The second kappa shape index (κ2) is 8.93. The zero-order valence-electron chi connectivity index (χ0n) is 12.0. The zero-order valence-corrected chi connectivity index (χ0v) is 12.0. The molecule has 2 nitrogen and oxygen atoms in total. The molecule has 0 radical (unpaired) electrons. The van der Waals surface area contributed by atoms with Gasteiger partial charge < -0.3 is 9.22 Å². The second-order valence-electron chi connectivity index (χ2n) is 5.62. The molecule has 0 unspecified atom stereocenters. The summed E-state index contributed by atoms with van der Waals surface area (Å²) in [6.07, 6.45) is 9.82. The normalized spacial score (nSPS) is 19.4. The van der Waals surface area contributed by atoms with Crippen molar-refractivity contribution in [3.8, 4) is 0 Å². The highest BCUT2D eigenvalue weighted by atomic mass is 16.5. The first-order valence-electron chi connectivity index (χ1n) is 7.76. The van der Waals surface area contributed by atoms with Gasteiger partial charge in [-0.25, -0.2) is 0 Å². The highest BCUT2D eigenvalue weighted by Gasteiger charge is 2.28. The van der Waals surface area contributed by atoms with Gasteiger partial charge in [0.15, 0.2) is 0 Å². The van der Waals surface area contributed by atoms with Gasteiger partial charge in [0.25, 0.3) is 0 Å². The molecule has 0 bridgehead atoms. The maximum absolute atomic E-state index is 5.51. The van der Waals surface area contributed by atoms with Gasteiger partial charge in [-0.2, -0.15) is 0 Å². The van der Waals surface area contributed by atoms with Crippen LogP contribution in [0.25, 0.3) is 0 Å². The summed E-state index contributed by atoms with van der Waals surface area (Å²) in [5, 5.41) is 0. The Kier molecular flexibility index (Phi) is 7.87. The largest absolute Gasteiger partial charge is 0.370 e. The summed E-state index contributed by atoms with van der Waals surface area (Å²) in [5.74, 6) is 0. The first-order chi connectivity index (χ1) is 8.33. The maximum atomic E-state index is 5.51. The van der Waals surface area contributed by atoms with E-state index in [4.69, 9.17) is 4.74 Å². The van der Waals surface area contributed by atoms with Crippen LogP contribution in [0.1, 0.15) is 58.8 Å². The van der Waals surface area contributed by atoms with Crippen molar-refractivity contribution in [3.63, 3.8) is 0 Å². The van der Waals surface area contributed by atoms with Gasteiger partial charge in [-0.05, 0) is 19.3 Å². The molecule has 0 N–H and O–H groups in total. The van der Waals surface area contributed by atoms with Gasteiger partial charge in [0, 0.05) is 0 Å². The summed E-state index contributed by atoms with van der Waals surface area (Å²) in [6, 6.07) is 0. The molecule has 1 fully saturated rings. The van der Waals surface area contributed by atoms with Crippen LogP contribution in [0.4, 0.5) is 0 Å². The fourth-order valence-corrected chi connectivity index (χ4v) is 2.99. The molecule has 0 aromatic heterocycles. The molecule has 1 heterocycles. The Labute approximate surface area is 108 Å². The number of rotatable bonds is 9. The third-order valence-corrected chi connectivity index (χ3v) is 4.10. The quantitative estimate of drug-likeness (QED) is 0.443. The van der Waals surface area contributed by atoms with Crippen molar-refractivity contribution in [1.82, 2.24) is 0 Å². The third-order valence-electron chi connectivity index (χ3n) is 4.10. The van der Waals surface area contributed by atoms with Gasteiger partial charge in [-0.1, -0.05) is 39.5 Å². The molecule has 1 saturated heterocycles. The van der Waals surface area contributed by atoms with Crippen molar-refractivity contribution in [3.05, 3.63) is 0 Å². The van der Waals surface area contributed by atoms with Gasteiger partial charge in [0.2, 0.25) is 0 Å². The molecule has 2 heteroatoms. The molecule has 1 aliphatic heterocycles. The number of morpholine rings is 1. The average Bonchev–Trinajstić information content (AvgIpc) is 2.35. The van der Waals surface area contributed by atoms with Crippen molar-refractivity contribution in [2.45, 2.75) is 58.8 Å². The fraction of sp³-hybridized carbons (Fsp3) is 1.00. The molecule has 1 rings (SSSR count). The summed E-state index contributed by atoms with van der Waals surface area (Å²) in [7, 11) is 0. The lowest BCUT2D eigenvalue weighted by atomic mass is 10.1. The van der Waals surface area contributed by atoms with Gasteiger partial charge >= 0.3 is 0 Å². The molecule has 0 aliphatic carbocycles. The predicted octanol–water partition coefficient (Wildman–Crippen LogP) is 3.60. The van der Waals surface area contributed by atoms with Crippen LogP contribution < -0.4 is 0 Å². The van der Waals surface area contributed by atoms with E-state index < -0.39 is 0 Å². The Bertz CT molecular complexity index is 170. The van der Waals surface area contributed by atoms with E-state index in [1.165, 1.54) is 75.6 Å². The van der Waals surface area contributed by atoms with Crippen LogP contribution in [0.3, 0.4) is 0 Å². The van der Waals surface area contributed by atoms with E-state index in [1.807, 2.05) is 0 Å². The van der Waals surface area contributed by atoms with E-state index in [0.29, 0.717) is 0 Å². The Morgan fingerprint density at radius 2 is 1.41 bits per heavy atom. The van der Waals surface area contributed by atoms with Crippen molar-refractivity contribution < 1.29 is 9.22 Å². The van der Waals surface area contributed by atoms with Crippen molar-refractivity contribution in [1.29, 1.82) is 0 Å². The van der Waals surface area contributed by atoms with E-state index in [9.17, 15) is 0 Å². The molecule has 0 amide bonds. The topological polar surface area (TPSA) is 9.23 Å². The van der Waals surface area contributed by atoms with Crippen molar-refractivity contribution in [2.24, 2.45) is 0 Å². The Hall–Kier alpha value is -0.0800. The lowest BCUT2D eigenvalue weighted by Gasteiger charge is -2.41. The summed E-state index contributed by atoms with van der Waals surface area (Å²) in [4.78, 5) is 0. The third kappa shape index (κ3) is 5.87. The van der Waals surface area contributed by atoms with Crippen LogP contribution in [0.15, 0.2) is 0 Å². The average molecular weight is 242 g/mol.